The van der Waals surface area contributed by atoms with Crippen molar-refractivity contribution < 1.29 is 9.59 Å². The predicted molar refractivity (Wildman–Crippen MR) is 91.6 cm³/mol. The Kier molecular flexibility index (Phi) is 5.88. The molecule has 0 radical (unpaired) electrons. The van der Waals surface area contributed by atoms with E-state index in [9.17, 15) is 9.59 Å². The van der Waals surface area contributed by atoms with Crippen molar-refractivity contribution in [2.75, 3.05) is 5.32 Å². The summed E-state index contributed by atoms with van der Waals surface area (Å²) in [6.45, 7) is 1.99. The van der Waals surface area contributed by atoms with Crippen LogP contribution in [0.25, 0.3) is 0 Å². The second kappa shape index (κ2) is 8.10. The summed E-state index contributed by atoms with van der Waals surface area (Å²) in [5.41, 5.74) is 4.86. The Morgan fingerprint density at radius 2 is 1.87 bits per heavy atom. The molecule has 0 fully saturated rings. The molecular weight excluding hydrogens is 314 g/mol. The first kappa shape index (κ1) is 16.7. The zero-order valence-electron chi connectivity index (χ0n) is 12.5. The van der Waals surface area contributed by atoms with Gasteiger partial charge in [0, 0.05) is 10.7 Å². The molecule has 6 heteroatoms. The van der Waals surface area contributed by atoms with Gasteiger partial charge >= 0.3 is 0 Å². The van der Waals surface area contributed by atoms with Crippen molar-refractivity contribution >= 4 is 35.3 Å². The van der Waals surface area contributed by atoms with Crippen molar-refractivity contribution in [2.45, 2.75) is 13.3 Å². The first-order valence-electron chi connectivity index (χ1n) is 6.97. The highest BCUT2D eigenvalue weighted by Crippen LogP contribution is 2.14. The maximum absolute atomic E-state index is 11.7. The molecule has 0 aliphatic carbocycles. The maximum atomic E-state index is 11.7. The molecule has 23 heavy (non-hydrogen) atoms. The van der Waals surface area contributed by atoms with Crippen LogP contribution in [0.2, 0.25) is 5.02 Å². The lowest BCUT2D eigenvalue weighted by Gasteiger charge is -2.04. The first-order chi connectivity index (χ1) is 11.0. The van der Waals surface area contributed by atoms with Crippen molar-refractivity contribution in [1.82, 2.24) is 5.43 Å². The van der Waals surface area contributed by atoms with Crippen molar-refractivity contribution in [2.24, 2.45) is 5.10 Å². The molecule has 0 bridgehead atoms. The lowest BCUT2D eigenvalue weighted by molar-refractivity contribution is -0.126. The topological polar surface area (TPSA) is 70.6 Å². The standard InChI is InChI=1S/C17H16ClN3O2/c1-12-5-7-13(8-6-12)11-19-21-17(23)10-16(22)20-15-4-2-3-14(18)9-15/h2-9,11H,10H2,1H3,(H,20,22)(H,21,23)/b19-11+. The average Bonchev–Trinajstić information content (AvgIpc) is 2.49. The molecular formula is C17H16ClN3O2. The number of nitrogens with one attached hydrogen (secondary N) is 2. The lowest BCUT2D eigenvalue weighted by atomic mass is 10.2. The fraction of sp³-hybridized carbons (Fsp3) is 0.118. The largest absolute Gasteiger partial charge is 0.326 e. The average molecular weight is 330 g/mol. The van der Waals surface area contributed by atoms with E-state index in [1.807, 2.05) is 31.2 Å². The van der Waals surface area contributed by atoms with Gasteiger partial charge in [-0.3, -0.25) is 9.59 Å². The van der Waals surface area contributed by atoms with Gasteiger partial charge in [0.05, 0.1) is 6.21 Å². The van der Waals surface area contributed by atoms with Gasteiger partial charge in [-0.05, 0) is 30.7 Å². The summed E-state index contributed by atoms with van der Waals surface area (Å²) in [6.07, 6.45) is 1.20. The second-order valence-corrected chi connectivity index (χ2v) is 5.38. The van der Waals surface area contributed by atoms with Gasteiger partial charge in [-0.2, -0.15) is 5.10 Å². The molecule has 0 spiro atoms. The van der Waals surface area contributed by atoms with E-state index in [4.69, 9.17) is 11.6 Å². The molecule has 0 atom stereocenters. The molecule has 5 nitrogen and oxygen atoms in total. The van der Waals surface area contributed by atoms with Gasteiger partial charge in [-0.25, -0.2) is 5.43 Å². The minimum absolute atomic E-state index is 0.322. The number of aryl methyl sites for hydroxylation is 1. The van der Waals surface area contributed by atoms with Crippen molar-refractivity contribution in [3.63, 3.8) is 0 Å². The summed E-state index contributed by atoms with van der Waals surface area (Å²) in [5.74, 6) is -0.928. The van der Waals surface area contributed by atoms with Gasteiger partial charge in [0.1, 0.15) is 6.42 Å². The van der Waals surface area contributed by atoms with Crippen LogP contribution in [0.1, 0.15) is 17.5 Å². The van der Waals surface area contributed by atoms with Crippen LogP contribution in [0.3, 0.4) is 0 Å². The fourth-order valence-electron chi connectivity index (χ4n) is 1.79. The summed E-state index contributed by atoms with van der Waals surface area (Å²) >= 11 is 5.82. The Balaban J connectivity index is 1.80. The SMILES string of the molecule is Cc1ccc(/C=N/NC(=O)CC(=O)Nc2cccc(Cl)c2)cc1. The van der Waals surface area contributed by atoms with Crippen LogP contribution in [0, 0.1) is 6.92 Å². The van der Waals surface area contributed by atoms with E-state index in [-0.39, 0.29) is 6.42 Å². The Labute approximate surface area is 139 Å². The Morgan fingerprint density at radius 3 is 2.57 bits per heavy atom. The molecule has 2 rings (SSSR count). The van der Waals surface area contributed by atoms with Crippen LogP contribution in [-0.4, -0.2) is 18.0 Å². The second-order valence-electron chi connectivity index (χ2n) is 4.94. The lowest BCUT2D eigenvalue weighted by Crippen LogP contribution is -2.24. The van der Waals surface area contributed by atoms with Crippen LogP contribution in [-0.2, 0) is 9.59 Å². The van der Waals surface area contributed by atoms with Gasteiger partial charge in [0.15, 0.2) is 0 Å². The van der Waals surface area contributed by atoms with Gasteiger partial charge in [-0.1, -0.05) is 47.5 Å². The third-order valence-corrected chi connectivity index (χ3v) is 3.14. The number of nitrogens with zero attached hydrogens (tertiary/aromatic N) is 1. The van der Waals surface area contributed by atoms with Gasteiger partial charge in [0.2, 0.25) is 11.8 Å². The van der Waals surface area contributed by atoms with E-state index in [0.717, 1.165) is 11.1 Å². The van der Waals surface area contributed by atoms with E-state index in [1.165, 1.54) is 6.21 Å². The Morgan fingerprint density at radius 1 is 1.13 bits per heavy atom. The number of rotatable bonds is 5. The molecule has 2 amide bonds. The summed E-state index contributed by atoms with van der Waals surface area (Å²) < 4.78 is 0. The van der Waals surface area contributed by atoms with Crippen LogP contribution in [0.15, 0.2) is 53.6 Å². The first-order valence-corrected chi connectivity index (χ1v) is 7.35. The normalized spacial score (nSPS) is 10.5. The highest BCUT2D eigenvalue weighted by atomic mass is 35.5. The van der Waals surface area contributed by atoms with Crippen LogP contribution in [0.5, 0.6) is 0 Å². The molecule has 0 saturated carbocycles. The Bertz CT molecular complexity index is 727. The summed E-state index contributed by atoms with van der Waals surface area (Å²) in [7, 11) is 0. The number of halogens is 1. The summed E-state index contributed by atoms with van der Waals surface area (Å²) in [4.78, 5) is 23.4. The smallest absolute Gasteiger partial charge is 0.249 e. The predicted octanol–water partition coefficient (Wildman–Crippen LogP) is 3.13. The van der Waals surface area contributed by atoms with Crippen LogP contribution >= 0.6 is 11.6 Å². The molecule has 0 aliphatic heterocycles. The highest BCUT2D eigenvalue weighted by Gasteiger charge is 2.09. The van der Waals surface area contributed by atoms with E-state index in [0.29, 0.717) is 10.7 Å². The molecule has 0 saturated heterocycles. The summed E-state index contributed by atoms with van der Waals surface area (Å²) in [5, 5.41) is 6.92. The molecule has 2 N–H and O–H groups in total. The number of carbonyl (C=O) groups is 2. The number of benzene rings is 2. The number of hydrogen-bond donors (Lipinski definition) is 2. The summed E-state index contributed by atoms with van der Waals surface area (Å²) in [6, 6.07) is 14.4. The van der Waals surface area contributed by atoms with E-state index in [1.54, 1.807) is 24.3 Å². The van der Waals surface area contributed by atoms with Crippen LogP contribution < -0.4 is 10.7 Å². The van der Waals surface area contributed by atoms with Crippen LogP contribution in [0.4, 0.5) is 5.69 Å². The van der Waals surface area contributed by atoms with E-state index in [2.05, 4.69) is 15.8 Å². The van der Waals surface area contributed by atoms with Crippen molar-refractivity contribution in [1.29, 1.82) is 0 Å². The molecule has 0 aromatic heterocycles. The monoisotopic (exact) mass is 329 g/mol. The van der Waals surface area contributed by atoms with E-state index >= 15 is 0 Å². The molecule has 118 valence electrons. The third kappa shape index (κ3) is 5.92. The van der Waals surface area contributed by atoms with E-state index < -0.39 is 11.8 Å². The number of hydrogen-bond acceptors (Lipinski definition) is 3. The molecule has 0 heterocycles. The number of hydrazone groups is 1. The molecule has 2 aromatic rings. The zero-order valence-corrected chi connectivity index (χ0v) is 13.3. The maximum Gasteiger partial charge on any atom is 0.249 e. The fourth-order valence-corrected chi connectivity index (χ4v) is 1.98. The highest BCUT2D eigenvalue weighted by molar-refractivity contribution is 6.30. The minimum atomic E-state index is -0.493. The molecule has 0 unspecified atom stereocenters. The Hall–Kier alpha value is -2.66. The third-order valence-electron chi connectivity index (χ3n) is 2.91. The van der Waals surface area contributed by atoms with Crippen molar-refractivity contribution in [3.05, 3.63) is 64.7 Å². The van der Waals surface area contributed by atoms with Crippen molar-refractivity contribution in [3.8, 4) is 0 Å². The van der Waals surface area contributed by atoms with Gasteiger partial charge in [-0.15, -0.1) is 0 Å². The van der Waals surface area contributed by atoms with Gasteiger partial charge in [0.25, 0.3) is 0 Å². The minimum Gasteiger partial charge on any atom is -0.326 e. The number of anilines is 1. The zero-order chi connectivity index (χ0) is 16.7. The molecule has 2 aromatic carbocycles. The number of carbonyl (C=O) groups excluding carboxylic acids is 2. The number of amides is 2. The molecule has 0 aliphatic rings. The quantitative estimate of drug-likeness (QED) is 0.502. The van der Waals surface area contributed by atoms with Gasteiger partial charge < -0.3 is 5.32 Å².